The highest BCUT2D eigenvalue weighted by Gasteiger charge is 2.58. The van der Waals surface area contributed by atoms with Gasteiger partial charge >= 0.3 is 12.1 Å². The van der Waals surface area contributed by atoms with Crippen LogP contribution in [0.3, 0.4) is 0 Å². The summed E-state index contributed by atoms with van der Waals surface area (Å²) >= 11 is 0. The molecule has 0 spiro atoms. The Bertz CT molecular complexity index is 929. The van der Waals surface area contributed by atoms with Crippen molar-refractivity contribution >= 4 is 5.97 Å². The fraction of sp³-hybridized carbons (Fsp3) is 0.500. The average Bonchev–Trinajstić information content (AvgIpc) is 2.80. The number of piperidine rings is 1. The topological polar surface area (TPSA) is 38.8 Å². The number of rotatable bonds is 7. The van der Waals surface area contributed by atoms with Crippen LogP contribution in [0.5, 0.6) is 5.75 Å². The van der Waals surface area contributed by atoms with E-state index in [1.807, 2.05) is 41.3 Å². The first-order valence-corrected chi connectivity index (χ1v) is 11.5. The first kappa shape index (κ1) is 23.6. The number of benzene rings is 2. The molecule has 0 N–H and O–H groups in total. The third kappa shape index (κ3) is 5.35. The summed E-state index contributed by atoms with van der Waals surface area (Å²) in [5.74, 6) is 0.770. The Labute approximate surface area is 192 Å². The van der Waals surface area contributed by atoms with Crippen molar-refractivity contribution in [3.05, 3.63) is 54.1 Å². The van der Waals surface area contributed by atoms with Gasteiger partial charge < -0.3 is 14.4 Å². The molecule has 4 rings (SSSR count). The molecule has 4 nitrogen and oxygen atoms in total. The van der Waals surface area contributed by atoms with Crippen molar-refractivity contribution in [2.75, 3.05) is 33.4 Å². The van der Waals surface area contributed by atoms with Crippen molar-refractivity contribution < 1.29 is 27.4 Å². The highest BCUT2D eigenvalue weighted by Crippen LogP contribution is 2.53. The van der Waals surface area contributed by atoms with Gasteiger partial charge in [-0.2, -0.15) is 13.2 Å². The number of ether oxygens (including phenoxy) is 2. The highest BCUT2D eigenvalue weighted by molar-refractivity contribution is 5.89. The number of methoxy groups -OCH3 is 1. The molecule has 178 valence electrons. The summed E-state index contributed by atoms with van der Waals surface area (Å²) in [6, 6.07) is 15.0. The Morgan fingerprint density at radius 1 is 1.00 bits per heavy atom. The number of alkyl halides is 3. The molecule has 2 aliphatic rings. The molecule has 33 heavy (non-hydrogen) atoms. The van der Waals surface area contributed by atoms with E-state index in [2.05, 4.69) is 0 Å². The summed E-state index contributed by atoms with van der Waals surface area (Å²) in [7, 11) is 1.36. The second-order valence-electron chi connectivity index (χ2n) is 9.26. The van der Waals surface area contributed by atoms with Crippen LogP contribution in [0.25, 0.3) is 11.1 Å². The zero-order chi connectivity index (χ0) is 23.5. The highest BCUT2D eigenvalue weighted by atomic mass is 19.4. The molecule has 1 saturated heterocycles. The van der Waals surface area contributed by atoms with Crippen molar-refractivity contribution in [2.24, 2.45) is 11.3 Å². The Balaban J connectivity index is 1.24. The number of carbonyl (C=O) groups excluding carboxylic acids is 1. The van der Waals surface area contributed by atoms with Crippen molar-refractivity contribution in [3.8, 4) is 16.9 Å². The van der Waals surface area contributed by atoms with Gasteiger partial charge in [-0.1, -0.05) is 30.7 Å². The molecule has 0 unspecified atom stereocenters. The molecule has 1 aliphatic heterocycles. The molecule has 7 heteroatoms. The molecular weight excluding hydrogens is 431 g/mol. The lowest BCUT2D eigenvalue weighted by Gasteiger charge is -2.47. The van der Waals surface area contributed by atoms with Gasteiger partial charge in [-0.3, -0.25) is 0 Å². The molecule has 2 aromatic carbocycles. The molecule has 2 aromatic rings. The SMILES string of the molecule is COC(=O)c1ccc(-c2ccc(OCC3CCN(CC4(C(F)(F)F)CCC4)CC3)cc2)cc1. The molecule has 0 radical (unpaired) electrons. The van der Waals surface area contributed by atoms with E-state index in [0.29, 0.717) is 37.6 Å². The number of likely N-dealkylation sites (tertiary alicyclic amines) is 1. The van der Waals surface area contributed by atoms with E-state index in [1.54, 1.807) is 12.1 Å². The molecule has 0 amide bonds. The maximum Gasteiger partial charge on any atom is 0.395 e. The smallest absolute Gasteiger partial charge is 0.395 e. The summed E-state index contributed by atoms with van der Waals surface area (Å²) < 4.78 is 51.0. The minimum atomic E-state index is -4.10. The first-order chi connectivity index (χ1) is 15.8. The maximum atomic E-state index is 13.4. The standard InChI is InChI=1S/C26H30F3NO3/c1-32-24(31)22-5-3-20(4-6-22)21-7-9-23(10-8-21)33-17-19-11-15-30(16-12-19)18-25(13-2-14-25)26(27,28)29/h3-10,19H,2,11-18H2,1H3. The van der Waals surface area contributed by atoms with Gasteiger partial charge in [-0.15, -0.1) is 0 Å². The van der Waals surface area contributed by atoms with Gasteiger partial charge in [0.05, 0.1) is 24.7 Å². The number of esters is 1. The summed E-state index contributed by atoms with van der Waals surface area (Å²) in [5, 5.41) is 0. The lowest BCUT2D eigenvalue weighted by Crippen LogP contribution is -2.53. The van der Waals surface area contributed by atoms with Gasteiger partial charge in [0.1, 0.15) is 5.75 Å². The van der Waals surface area contributed by atoms with Crippen molar-refractivity contribution in [2.45, 2.75) is 38.3 Å². The van der Waals surface area contributed by atoms with Crippen LogP contribution in [-0.2, 0) is 4.74 Å². The van der Waals surface area contributed by atoms with Crippen LogP contribution in [-0.4, -0.2) is 50.4 Å². The number of nitrogens with zero attached hydrogens (tertiary/aromatic N) is 1. The normalized spacial score (nSPS) is 19.0. The second-order valence-corrected chi connectivity index (χ2v) is 9.26. The van der Waals surface area contributed by atoms with E-state index in [9.17, 15) is 18.0 Å². The van der Waals surface area contributed by atoms with Crippen LogP contribution in [0.15, 0.2) is 48.5 Å². The summed E-state index contributed by atoms with van der Waals surface area (Å²) in [6.07, 6.45) is -1.16. The predicted octanol–water partition coefficient (Wildman–Crippen LogP) is 5.96. The van der Waals surface area contributed by atoms with Crippen LogP contribution in [0.2, 0.25) is 0 Å². The monoisotopic (exact) mass is 461 g/mol. The lowest BCUT2D eigenvalue weighted by molar-refractivity contribution is -0.256. The Hall–Kier alpha value is -2.54. The van der Waals surface area contributed by atoms with Crippen LogP contribution in [0.4, 0.5) is 13.2 Å². The van der Waals surface area contributed by atoms with Crippen molar-refractivity contribution in [3.63, 3.8) is 0 Å². The maximum absolute atomic E-state index is 13.4. The average molecular weight is 462 g/mol. The molecule has 1 aliphatic carbocycles. The van der Waals surface area contributed by atoms with Crippen LogP contribution >= 0.6 is 0 Å². The van der Waals surface area contributed by atoms with Gasteiger partial charge in [0.25, 0.3) is 0 Å². The van der Waals surface area contributed by atoms with E-state index in [0.717, 1.165) is 29.7 Å². The van der Waals surface area contributed by atoms with Gasteiger partial charge in [0.2, 0.25) is 0 Å². The van der Waals surface area contributed by atoms with Crippen LogP contribution in [0.1, 0.15) is 42.5 Å². The van der Waals surface area contributed by atoms with Gasteiger partial charge in [0.15, 0.2) is 0 Å². The fourth-order valence-corrected chi connectivity index (χ4v) is 4.75. The number of halogens is 3. The molecule has 2 fully saturated rings. The Morgan fingerprint density at radius 3 is 2.06 bits per heavy atom. The van der Waals surface area contributed by atoms with Crippen LogP contribution in [0, 0.1) is 11.3 Å². The zero-order valence-corrected chi connectivity index (χ0v) is 18.9. The fourth-order valence-electron chi connectivity index (χ4n) is 4.75. The Morgan fingerprint density at radius 2 is 1.58 bits per heavy atom. The molecular formula is C26H30F3NO3. The third-order valence-electron chi connectivity index (χ3n) is 7.12. The van der Waals surface area contributed by atoms with Gasteiger partial charge in [-0.05, 0) is 80.1 Å². The minimum Gasteiger partial charge on any atom is -0.493 e. The first-order valence-electron chi connectivity index (χ1n) is 11.5. The lowest BCUT2D eigenvalue weighted by atomic mass is 9.67. The number of carbonyl (C=O) groups is 1. The van der Waals surface area contributed by atoms with E-state index in [1.165, 1.54) is 7.11 Å². The predicted molar refractivity (Wildman–Crippen MR) is 120 cm³/mol. The molecule has 0 bridgehead atoms. The van der Waals surface area contributed by atoms with E-state index in [-0.39, 0.29) is 25.4 Å². The van der Waals surface area contributed by atoms with E-state index in [4.69, 9.17) is 9.47 Å². The van der Waals surface area contributed by atoms with E-state index < -0.39 is 11.6 Å². The Kier molecular flexibility index (Phi) is 6.98. The third-order valence-corrected chi connectivity index (χ3v) is 7.12. The van der Waals surface area contributed by atoms with Crippen molar-refractivity contribution in [1.29, 1.82) is 0 Å². The number of hydrogen-bond donors (Lipinski definition) is 0. The van der Waals surface area contributed by atoms with Gasteiger partial charge in [0, 0.05) is 6.54 Å². The van der Waals surface area contributed by atoms with E-state index >= 15 is 0 Å². The number of hydrogen-bond acceptors (Lipinski definition) is 4. The molecule has 0 atom stereocenters. The van der Waals surface area contributed by atoms with Crippen LogP contribution < -0.4 is 4.74 Å². The summed E-state index contributed by atoms with van der Waals surface area (Å²) in [6.45, 7) is 2.12. The quantitative estimate of drug-likeness (QED) is 0.477. The van der Waals surface area contributed by atoms with Crippen molar-refractivity contribution in [1.82, 2.24) is 4.90 Å². The molecule has 0 aromatic heterocycles. The largest absolute Gasteiger partial charge is 0.493 e. The second kappa shape index (κ2) is 9.75. The zero-order valence-electron chi connectivity index (χ0n) is 18.9. The van der Waals surface area contributed by atoms with Gasteiger partial charge in [-0.25, -0.2) is 4.79 Å². The summed E-state index contributed by atoms with van der Waals surface area (Å²) in [4.78, 5) is 13.5. The minimum absolute atomic E-state index is 0.145. The molecule has 1 saturated carbocycles. The molecule has 1 heterocycles. The summed E-state index contributed by atoms with van der Waals surface area (Å²) in [5.41, 5.74) is 1.04.